The normalized spacial score (nSPS) is 8.76. The zero-order valence-corrected chi connectivity index (χ0v) is 29.7. The SMILES string of the molecule is C#CC#CC#CC#CC#COc1cccc(-c2cc(C)ccc2/C=C/c2cc(-c3cccc(OC#CC#CC#CC#CC#C)c3)c(/C=C/C)cc2OC)c1. The van der Waals surface area contributed by atoms with Crippen molar-refractivity contribution < 1.29 is 14.2 Å². The summed E-state index contributed by atoms with van der Waals surface area (Å²) in [4.78, 5) is 0. The molecule has 0 bridgehead atoms. The molecule has 3 nitrogen and oxygen atoms in total. The van der Waals surface area contributed by atoms with E-state index in [4.69, 9.17) is 27.1 Å². The van der Waals surface area contributed by atoms with E-state index in [0.717, 1.165) is 50.3 Å². The van der Waals surface area contributed by atoms with E-state index in [1.165, 1.54) is 0 Å². The molecule has 0 spiro atoms. The van der Waals surface area contributed by atoms with Gasteiger partial charge in [-0.2, -0.15) is 0 Å². The predicted octanol–water partition coefficient (Wildman–Crippen LogP) is 8.51. The van der Waals surface area contributed by atoms with Crippen molar-refractivity contribution in [2.45, 2.75) is 13.8 Å². The Kier molecular flexibility index (Phi) is 15.2. The van der Waals surface area contributed by atoms with E-state index < -0.39 is 0 Å². The minimum atomic E-state index is 0.568. The molecule has 0 saturated heterocycles. The summed E-state index contributed by atoms with van der Waals surface area (Å²) in [5, 5.41) is 0. The van der Waals surface area contributed by atoms with Crippen LogP contribution in [0.15, 0.2) is 84.9 Å². The summed E-state index contributed by atoms with van der Waals surface area (Å²) in [6, 6.07) is 25.8. The number of allylic oxidation sites excluding steroid dienone is 1. The molecule has 0 heterocycles. The second kappa shape index (κ2) is 21.4. The molecule has 4 aromatic rings. The standard InChI is InChI=1S/C51H28O3/c1-6-9-11-13-15-17-19-21-34-53-47-28-23-26-44(37-47)49-36-41(4)30-31-42(49)32-33-46-39-50(43(25-8-3)40-51(46)52-5)45-27-24-29-48(38-45)54-35-22-20-18-16-14-12-10-7-2/h1-2,8,23-33,36-40H,3-5H3/b25-8+,33-32+. The molecule has 0 saturated carbocycles. The quantitative estimate of drug-likeness (QED) is 0.137. The molecule has 3 heteroatoms. The third-order valence-electron chi connectivity index (χ3n) is 7.02. The molecule has 0 aliphatic rings. The zero-order valence-electron chi connectivity index (χ0n) is 29.7. The van der Waals surface area contributed by atoms with Crippen LogP contribution in [0.4, 0.5) is 0 Å². The van der Waals surface area contributed by atoms with Gasteiger partial charge in [-0.05, 0) is 131 Å². The molecule has 0 unspecified atom stereocenters. The summed E-state index contributed by atoms with van der Waals surface area (Å²) in [5.41, 5.74) is 7.91. The van der Waals surface area contributed by atoms with E-state index in [2.05, 4.69) is 144 Å². The Morgan fingerprint density at radius 3 is 1.52 bits per heavy atom. The fourth-order valence-corrected chi connectivity index (χ4v) is 4.79. The van der Waals surface area contributed by atoms with Crippen molar-refractivity contribution in [3.05, 3.63) is 107 Å². The van der Waals surface area contributed by atoms with Gasteiger partial charge in [0.15, 0.2) is 0 Å². The van der Waals surface area contributed by atoms with Crippen molar-refractivity contribution in [1.82, 2.24) is 0 Å². The Morgan fingerprint density at radius 2 is 1.00 bits per heavy atom. The lowest BCUT2D eigenvalue weighted by molar-refractivity contribution is 0.414. The second-order valence-electron chi connectivity index (χ2n) is 10.6. The number of methoxy groups -OCH3 is 1. The molecule has 54 heavy (non-hydrogen) atoms. The molecule has 0 atom stereocenters. The predicted molar refractivity (Wildman–Crippen MR) is 220 cm³/mol. The first-order chi connectivity index (χ1) is 26.6. The van der Waals surface area contributed by atoms with Crippen molar-refractivity contribution in [3.8, 4) is 159 Å². The van der Waals surface area contributed by atoms with Gasteiger partial charge in [0.2, 0.25) is 0 Å². The van der Waals surface area contributed by atoms with Gasteiger partial charge in [0.05, 0.1) is 7.11 Å². The van der Waals surface area contributed by atoms with Gasteiger partial charge >= 0.3 is 0 Å². The molecule has 0 aliphatic carbocycles. The zero-order chi connectivity index (χ0) is 38.2. The first-order valence-corrected chi connectivity index (χ1v) is 16.2. The highest BCUT2D eigenvalue weighted by Crippen LogP contribution is 2.35. The number of aryl methyl sites for hydroxylation is 1. The molecule has 0 N–H and O–H groups in total. The van der Waals surface area contributed by atoms with Crippen LogP contribution >= 0.6 is 0 Å². The Hall–Kier alpha value is -8.64. The minimum Gasteiger partial charge on any atom is -0.496 e. The summed E-state index contributed by atoms with van der Waals surface area (Å²) in [6.45, 7) is 4.03. The number of rotatable bonds is 8. The number of hydrogen-bond acceptors (Lipinski definition) is 3. The Bertz CT molecular complexity index is 2740. The third-order valence-corrected chi connectivity index (χ3v) is 7.02. The van der Waals surface area contributed by atoms with Gasteiger partial charge in [0.25, 0.3) is 0 Å². The van der Waals surface area contributed by atoms with Crippen LogP contribution < -0.4 is 14.2 Å². The maximum Gasteiger partial charge on any atom is 0.140 e. The maximum absolute atomic E-state index is 5.86. The van der Waals surface area contributed by atoms with Gasteiger partial charge in [0, 0.05) is 52.9 Å². The van der Waals surface area contributed by atoms with E-state index in [-0.39, 0.29) is 0 Å². The monoisotopic (exact) mass is 688 g/mol. The van der Waals surface area contributed by atoms with E-state index in [0.29, 0.717) is 11.5 Å². The lowest BCUT2D eigenvalue weighted by atomic mass is 9.94. The number of benzene rings is 4. The molecule has 0 amide bonds. The number of hydrogen-bond donors (Lipinski definition) is 0. The van der Waals surface area contributed by atoms with Gasteiger partial charge in [0.1, 0.15) is 29.5 Å². The first-order valence-electron chi connectivity index (χ1n) is 16.2. The average molecular weight is 689 g/mol. The lowest BCUT2D eigenvalue weighted by Crippen LogP contribution is -1.93. The molecular weight excluding hydrogens is 661 g/mol. The molecule has 0 aromatic heterocycles. The highest BCUT2D eigenvalue weighted by atomic mass is 16.5. The third kappa shape index (κ3) is 12.0. The van der Waals surface area contributed by atoms with Crippen molar-refractivity contribution in [1.29, 1.82) is 0 Å². The van der Waals surface area contributed by atoms with E-state index in [1.54, 1.807) is 7.11 Å². The smallest absolute Gasteiger partial charge is 0.140 e. The summed E-state index contributed by atoms with van der Waals surface area (Å²) >= 11 is 0. The van der Waals surface area contributed by atoms with Crippen LogP contribution in [0, 0.1) is 127 Å². The van der Waals surface area contributed by atoms with Crippen molar-refractivity contribution in [2.24, 2.45) is 0 Å². The summed E-state index contributed by atoms with van der Waals surface area (Å²) in [7, 11) is 1.67. The first kappa shape index (κ1) is 38.2. The van der Waals surface area contributed by atoms with E-state index >= 15 is 0 Å². The van der Waals surface area contributed by atoms with Gasteiger partial charge in [-0.25, -0.2) is 0 Å². The molecule has 4 aromatic carbocycles. The van der Waals surface area contributed by atoms with Crippen molar-refractivity contribution in [2.75, 3.05) is 7.11 Å². The molecule has 0 radical (unpaired) electrons. The van der Waals surface area contributed by atoms with Crippen LogP contribution in [0.25, 0.3) is 40.5 Å². The summed E-state index contributed by atoms with van der Waals surface area (Å²) < 4.78 is 17.2. The molecule has 0 aliphatic heterocycles. The molecular formula is C51H28O3. The van der Waals surface area contributed by atoms with Crippen LogP contribution in [-0.4, -0.2) is 7.11 Å². The van der Waals surface area contributed by atoms with Gasteiger partial charge in [-0.3, -0.25) is 0 Å². The number of terminal acetylenes is 2. The minimum absolute atomic E-state index is 0.568. The Morgan fingerprint density at radius 1 is 0.500 bits per heavy atom. The van der Waals surface area contributed by atoms with Crippen molar-refractivity contribution >= 4 is 18.2 Å². The van der Waals surface area contributed by atoms with Crippen LogP contribution in [0.3, 0.4) is 0 Å². The van der Waals surface area contributed by atoms with Gasteiger partial charge < -0.3 is 14.2 Å². The number of ether oxygens (including phenoxy) is 3. The molecule has 0 fully saturated rings. The maximum atomic E-state index is 5.86. The topological polar surface area (TPSA) is 27.7 Å². The van der Waals surface area contributed by atoms with Crippen LogP contribution in [-0.2, 0) is 0 Å². The summed E-state index contributed by atoms with van der Waals surface area (Å²) in [6.07, 6.45) is 23.5. The lowest BCUT2D eigenvalue weighted by Gasteiger charge is -2.14. The Balaban J connectivity index is 1.64. The summed E-state index contributed by atoms with van der Waals surface area (Å²) in [5.74, 6) is 41.7. The fourth-order valence-electron chi connectivity index (χ4n) is 4.79. The van der Waals surface area contributed by atoms with Crippen LogP contribution in [0.5, 0.6) is 17.2 Å². The van der Waals surface area contributed by atoms with Gasteiger partial charge in [-0.15, -0.1) is 12.8 Å². The largest absolute Gasteiger partial charge is 0.496 e. The van der Waals surface area contributed by atoms with Gasteiger partial charge in [-0.1, -0.05) is 72.3 Å². The molecule has 4 rings (SSSR count). The fraction of sp³-hybridized carbons (Fsp3) is 0.0588. The van der Waals surface area contributed by atoms with E-state index in [9.17, 15) is 0 Å². The Labute approximate surface area is 318 Å². The molecule has 250 valence electrons. The average Bonchev–Trinajstić information content (AvgIpc) is 3.19. The van der Waals surface area contributed by atoms with Crippen LogP contribution in [0.2, 0.25) is 0 Å². The van der Waals surface area contributed by atoms with E-state index in [1.807, 2.05) is 79.7 Å². The second-order valence-corrected chi connectivity index (χ2v) is 10.6. The van der Waals surface area contributed by atoms with Crippen LogP contribution in [0.1, 0.15) is 29.2 Å². The highest BCUT2D eigenvalue weighted by molar-refractivity contribution is 5.86. The van der Waals surface area contributed by atoms with Crippen molar-refractivity contribution in [3.63, 3.8) is 0 Å². The highest BCUT2D eigenvalue weighted by Gasteiger charge is 2.12.